The fraction of sp³-hybridized carbons (Fsp3) is 0.579. The molecular formula is C19H27N3O. The van der Waals surface area contributed by atoms with Crippen molar-refractivity contribution in [2.24, 2.45) is 17.8 Å². The Labute approximate surface area is 138 Å². The maximum Gasteiger partial charge on any atom is 0.241 e. The van der Waals surface area contributed by atoms with Crippen LogP contribution in [0.4, 0.5) is 0 Å². The first kappa shape index (κ1) is 16.0. The molecule has 1 aromatic carbocycles. The van der Waals surface area contributed by atoms with E-state index in [2.05, 4.69) is 31.2 Å². The van der Waals surface area contributed by atoms with Gasteiger partial charge in [0.15, 0.2) is 0 Å². The fourth-order valence-corrected chi connectivity index (χ4v) is 3.91. The van der Waals surface area contributed by atoms with Crippen LogP contribution in [0, 0.1) is 17.8 Å². The summed E-state index contributed by atoms with van der Waals surface area (Å²) in [6.45, 7) is 7.11. The SMILES string of the molecule is CC(C)[C@H]1CC[C@@H](C)C[C@H]1NC(=O)Cn1ncc2ccccc21. The molecule has 23 heavy (non-hydrogen) atoms. The van der Waals surface area contributed by atoms with E-state index < -0.39 is 0 Å². The van der Waals surface area contributed by atoms with Gasteiger partial charge in [-0.2, -0.15) is 5.10 Å². The third-order valence-corrected chi connectivity index (χ3v) is 5.21. The first-order valence-electron chi connectivity index (χ1n) is 8.74. The summed E-state index contributed by atoms with van der Waals surface area (Å²) in [6.07, 6.45) is 5.41. The first-order valence-corrected chi connectivity index (χ1v) is 8.74. The van der Waals surface area contributed by atoms with Gasteiger partial charge in [0.1, 0.15) is 6.54 Å². The van der Waals surface area contributed by atoms with Crippen LogP contribution >= 0.6 is 0 Å². The maximum absolute atomic E-state index is 12.5. The van der Waals surface area contributed by atoms with Gasteiger partial charge in [0.05, 0.1) is 11.7 Å². The van der Waals surface area contributed by atoms with Gasteiger partial charge in [0.25, 0.3) is 0 Å². The summed E-state index contributed by atoms with van der Waals surface area (Å²) in [5.74, 6) is 1.97. The Morgan fingerprint density at radius 1 is 1.35 bits per heavy atom. The molecule has 0 unspecified atom stereocenters. The third-order valence-electron chi connectivity index (χ3n) is 5.21. The molecule has 2 aromatic rings. The second-order valence-electron chi connectivity index (χ2n) is 7.36. The third kappa shape index (κ3) is 3.57. The second-order valence-corrected chi connectivity index (χ2v) is 7.36. The van der Waals surface area contributed by atoms with Gasteiger partial charge in [-0.1, -0.05) is 45.4 Å². The Balaban J connectivity index is 1.68. The van der Waals surface area contributed by atoms with Crippen molar-refractivity contribution in [3.63, 3.8) is 0 Å². The molecule has 1 heterocycles. The molecule has 3 atom stereocenters. The highest BCUT2D eigenvalue weighted by Crippen LogP contribution is 2.33. The van der Waals surface area contributed by atoms with Crippen molar-refractivity contribution >= 4 is 16.8 Å². The van der Waals surface area contributed by atoms with E-state index in [1.54, 1.807) is 4.68 Å². The summed E-state index contributed by atoms with van der Waals surface area (Å²) in [7, 11) is 0. The summed E-state index contributed by atoms with van der Waals surface area (Å²) in [4.78, 5) is 12.5. The van der Waals surface area contributed by atoms with E-state index in [-0.39, 0.29) is 5.91 Å². The van der Waals surface area contributed by atoms with Gasteiger partial charge in [-0.3, -0.25) is 9.48 Å². The predicted octanol–water partition coefficient (Wildman–Crippen LogP) is 3.61. The number of aromatic nitrogens is 2. The van der Waals surface area contributed by atoms with Crippen molar-refractivity contribution in [1.29, 1.82) is 0 Å². The van der Waals surface area contributed by atoms with Crippen LogP contribution in [-0.2, 0) is 11.3 Å². The lowest BCUT2D eigenvalue weighted by Gasteiger charge is -2.37. The summed E-state index contributed by atoms with van der Waals surface area (Å²) >= 11 is 0. The number of amides is 1. The minimum atomic E-state index is 0.0728. The zero-order valence-electron chi connectivity index (χ0n) is 14.3. The summed E-state index contributed by atoms with van der Waals surface area (Å²) < 4.78 is 1.79. The Morgan fingerprint density at radius 2 is 2.13 bits per heavy atom. The lowest BCUT2D eigenvalue weighted by Crippen LogP contribution is -2.46. The fourth-order valence-electron chi connectivity index (χ4n) is 3.91. The number of carbonyl (C=O) groups is 1. The van der Waals surface area contributed by atoms with Gasteiger partial charge in [0, 0.05) is 11.4 Å². The molecule has 0 radical (unpaired) electrons. The molecular weight excluding hydrogens is 286 g/mol. The molecule has 0 saturated heterocycles. The monoisotopic (exact) mass is 313 g/mol. The van der Waals surface area contributed by atoms with Gasteiger partial charge < -0.3 is 5.32 Å². The molecule has 4 heteroatoms. The smallest absolute Gasteiger partial charge is 0.241 e. The van der Waals surface area contributed by atoms with Crippen LogP contribution in [-0.4, -0.2) is 21.7 Å². The van der Waals surface area contributed by atoms with E-state index in [0.717, 1.165) is 17.3 Å². The minimum Gasteiger partial charge on any atom is -0.351 e. The van der Waals surface area contributed by atoms with Crippen LogP contribution < -0.4 is 5.32 Å². The Kier molecular flexibility index (Phi) is 4.69. The average Bonchev–Trinajstić information content (AvgIpc) is 2.90. The van der Waals surface area contributed by atoms with E-state index >= 15 is 0 Å². The summed E-state index contributed by atoms with van der Waals surface area (Å²) in [5.41, 5.74) is 1.01. The summed E-state index contributed by atoms with van der Waals surface area (Å²) in [5, 5.41) is 8.71. The molecule has 4 nitrogen and oxygen atoms in total. The molecule has 1 N–H and O–H groups in total. The van der Waals surface area contributed by atoms with Crippen LogP contribution in [0.2, 0.25) is 0 Å². The molecule has 124 valence electrons. The number of para-hydroxylation sites is 1. The average molecular weight is 313 g/mol. The molecule has 1 aliphatic rings. The van der Waals surface area contributed by atoms with Crippen LogP contribution in [0.3, 0.4) is 0 Å². The quantitative estimate of drug-likeness (QED) is 0.937. The van der Waals surface area contributed by atoms with Crippen LogP contribution in [0.5, 0.6) is 0 Å². The van der Waals surface area contributed by atoms with Gasteiger partial charge in [-0.05, 0) is 36.7 Å². The molecule has 0 spiro atoms. The van der Waals surface area contributed by atoms with Crippen LogP contribution in [0.1, 0.15) is 40.0 Å². The van der Waals surface area contributed by atoms with Crippen molar-refractivity contribution < 1.29 is 4.79 Å². The van der Waals surface area contributed by atoms with E-state index in [9.17, 15) is 4.79 Å². The van der Waals surface area contributed by atoms with E-state index in [4.69, 9.17) is 0 Å². The molecule has 3 rings (SSSR count). The van der Waals surface area contributed by atoms with E-state index in [1.165, 1.54) is 12.8 Å². The maximum atomic E-state index is 12.5. The number of fused-ring (bicyclic) bond motifs is 1. The van der Waals surface area contributed by atoms with Gasteiger partial charge in [-0.25, -0.2) is 0 Å². The van der Waals surface area contributed by atoms with Gasteiger partial charge >= 0.3 is 0 Å². The number of hydrogen-bond acceptors (Lipinski definition) is 2. The van der Waals surface area contributed by atoms with Gasteiger partial charge in [0.2, 0.25) is 5.91 Å². The van der Waals surface area contributed by atoms with Crippen molar-refractivity contribution in [1.82, 2.24) is 15.1 Å². The predicted molar refractivity (Wildman–Crippen MR) is 93.0 cm³/mol. The molecule has 1 fully saturated rings. The lowest BCUT2D eigenvalue weighted by atomic mass is 9.74. The van der Waals surface area contributed by atoms with E-state index in [0.29, 0.717) is 30.3 Å². The molecule has 1 saturated carbocycles. The zero-order valence-corrected chi connectivity index (χ0v) is 14.3. The highest BCUT2D eigenvalue weighted by atomic mass is 16.2. The molecule has 1 aliphatic carbocycles. The normalized spacial score (nSPS) is 25.0. The molecule has 0 aliphatic heterocycles. The number of benzene rings is 1. The lowest BCUT2D eigenvalue weighted by molar-refractivity contribution is -0.123. The molecule has 1 aromatic heterocycles. The Bertz CT molecular complexity index is 676. The standard InChI is InChI=1S/C19H27N3O/c1-13(2)16-9-8-14(3)10-17(16)21-19(23)12-22-18-7-5-4-6-15(18)11-20-22/h4-7,11,13-14,16-17H,8-10,12H2,1-3H3,(H,21,23)/t14-,16-,17-/m1/s1. The number of nitrogens with one attached hydrogen (secondary N) is 1. The number of nitrogens with zero attached hydrogens (tertiary/aromatic N) is 2. The molecule has 1 amide bonds. The van der Waals surface area contributed by atoms with Crippen LogP contribution in [0.25, 0.3) is 10.9 Å². The zero-order chi connectivity index (χ0) is 16.4. The number of carbonyl (C=O) groups excluding carboxylic acids is 1. The summed E-state index contributed by atoms with van der Waals surface area (Å²) in [6, 6.07) is 8.30. The van der Waals surface area contributed by atoms with Crippen molar-refractivity contribution in [3.8, 4) is 0 Å². The number of hydrogen-bond donors (Lipinski definition) is 1. The molecule has 0 bridgehead atoms. The highest BCUT2D eigenvalue weighted by Gasteiger charge is 2.31. The Morgan fingerprint density at radius 3 is 2.91 bits per heavy atom. The second kappa shape index (κ2) is 6.73. The van der Waals surface area contributed by atoms with Crippen molar-refractivity contribution in [2.45, 2.75) is 52.6 Å². The highest BCUT2D eigenvalue weighted by molar-refractivity contribution is 5.82. The van der Waals surface area contributed by atoms with Crippen molar-refractivity contribution in [3.05, 3.63) is 30.5 Å². The topological polar surface area (TPSA) is 46.9 Å². The Hall–Kier alpha value is -1.84. The first-order chi connectivity index (χ1) is 11.0. The van der Waals surface area contributed by atoms with Crippen LogP contribution in [0.15, 0.2) is 30.5 Å². The van der Waals surface area contributed by atoms with Gasteiger partial charge in [-0.15, -0.1) is 0 Å². The van der Waals surface area contributed by atoms with Crippen molar-refractivity contribution in [2.75, 3.05) is 0 Å². The largest absolute Gasteiger partial charge is 0.351 e. The minimum absolute atomic E-state index is 0.0728. The van der Waals surface area contributed by atoms with E-state index in [1.807, 2.05) is 30.5 Å². The number of rotatable bonds is 4.